The second-order valence-corrected chi connectivity index (χ2v) is 18.0. The molecule has 0 fully saturated rings. The quantitative estimate of drug-likeness (QED) is 0.414. The predicted molar refractivity (Wildman–Crippen MR) is 80.8 cm³/mol. The maximum absolute atomic E-state index is 12.0. The lowest BCUT2D eigenvalue weighted by Gasteiger charge is -2.38. The summed E-state index contributed by atoms with van der Waals surface area (Å²) in [6.07, 6.45) is 0.865. The Morgan fingerprint density at radius 2 is 1.53 bits per heavy atom. The van der Waals surface area contributed by atoms with E-state index in [1.54, 1.807) is 0 Å². The molecule has 0 amide bonds. The summed E-state index contributed by atoms with van der Waals surface area (Å²) in [5.74, 6) is -0.179. The van der Waals surface area contributed by atoms with Gasteiger partial charge in [-0.2, -0.15) is 0 Å². The normalized spacial score (nSPS) is 12.7. The molecule has 0 heterocycles. The van der Waals surface area contributed by atoms with E-state index in [0.717, 1.165) is 12.0 Å². The van der Waals surface area contributed by atoms with Crippen LogP contribution in [-0.4, -0.2) is 28.7 Å². The van der Waals surface area contributed by atoms with Gasteiger partial charge in [-0.15, -0.1) is 0 Å². The van der Waals surface area contributed by atoms with E-state index in [9.17, 15) is 4.79 Å². The highest BCUT2D eigenvalue weighted by atomic mass is 28.4. The number of hydrogen-bond acceptors (Lipinski definition) is 2. The van der Waals surface area contributed by atoms with E-state index < -0.39 is 16.1 Å². The maximum Gasteiger partial charge on any atom is 0.333 e. The van der Waals surface area contributed by atoms with Crippen LogP contribution in [0.2, 0.25) is 44.4 Å². The van der Waals surface area contributed by atoms with Gasteiger partial charge in [-0.1, -0.05) is 52.8 Å². The SMILES string of the molecule is C=C(C(=O)OCCC)C([Si](C)(C)C)[Si](C)(C)C. The van der Waals surface area contributed by atoms with Crippen LogP contribution in [0, 0.1) is 0 Å². The summed E-state index contributed by atoms with van der Waals surface area (Å²) in [7, 11) is -2.85. The summed E-state index contributed by atoms with van der Waals surface area (Å²) >= 11 is 0. The average Bonchev–Trinajstić information content (AvgIpc) is 2.09. The first-order valence-corrected chi connectivity index (χ1v) is 13.5. The molecule has 0 aliphatic rings. The van der Waals surface area contributed by atoms with Crippen molar-refractivity contribution >= 4 is 22.1 Å². The van der Waals surface area contributed by atoms with Crippen molar-refractivity contribution < 1.29 is 9.53 Å². The zero-order valence-electron chi connectivity index (χ0n) is 12.5. The largest absolute Gasteiger partial charge is 0.462 e. The summed E-state index contributed by atoms with van der Waals surface area (Å²) in [6, 6.07) is 0. The molecule has 0 aromatic carbocycles. The molecular weight excluding hydrogens is 244 g/mol. The molecule has 0 aliphatic carbocycles. The van der Waals surface area contributed by atoms with Gasteiger partial charge >= 0.3 is 5.97 Å². The topological polar surface area (TPSA) is 26.3 Å². The zero-order valence-corrected chi connectivity index (χ0v) is 14.5. The van der Waals surface area contributed by atoms with Crippen molar-refractivity contribution in [3.8, 4) is 0 Å². The van der Waals surface area contributed by atoms with E-state index in [-0.39, 0.29) is 5.97 Å². The molecule has 0 spiro atoms. The molecule has 0 radical (unpaired) electrons. The van der Waals surface area contributed by atoms with Crippen LogP contribution in [0.5, 0.6) is 0 Å². The van der Waals surface area contributed by atoms with Crippen molar-refractivity contribution in [1.29, 1.82) is 0 Å². The molecule has 0 atom stereocenters. The summed E-state index contributed by atoms with van der Waals surface area (Å²) in [4.78, 5) is 12.0. The van der Waals surface area contributed by atoms with Gasteiger partial charge in [-0.3, -0.25) is 0 Å². The van der Waals surface area contributed by atoms with Crippen LogP contribution >= 0.6 is 0 Å². The molecule has 0 aromatic heterocycles. The van der Waals surface area contributed by atoms with Gasteiger partial charge in [0.1, 0.15) is 0 Å². The summed E-state index contributed by atoms with van der Waals surface area (Å²) in [6.45, 7) is 20.4. The van der Waals surface area contributed by atoms with Crippen molar-refractivity contribution in [2.45, 2.75) is 57.8 Å². The lowest BCUT2D eigenvalue weighted by Crippen LogP contribution is -2.46. The van der Waals surface area contributed by atoms with Crippen molar-refractivity contribution in [3.05, 3.63) is 12.2 Å². The van der Waals surface area contributed by atoms with Crippen LogP contribution in [0.15, 0.2) is 12.2 Å². The Morgan fingerprint density at radius 3 is 1.82 bits per heavy atom. The summed E-state index contributed by atoms with van der Waals surface area (Å²) in [5.41, 5.74) is 0.719. The van der Waals surface area contributed by atoms with Gasteiger partial charge in [-0.05, 0) is 11.6 Å². The highest BCUT2D eigenvalue weighted by Gasteiger charge is 2.41. The third-order valence-corrected chi connectivity index (χ3v) is 12.1. The number of carbonyl (C=O) groups excluding carboxylic acids is 1. The minimum atomic E-state index is -1.43. The Bertz CT molecular complexity index is 271. The number of carbonyl (C=O) groups is 1. The molecule has 0 rings (SSSR count). The van der Waals surface area contributed by atoms with Gasteiger partial charge in [0.25, 0.3) is 0 Å². The fourth-order valence-electron chi connectivity index (χ4n) is 2.75. The van der Waals surface area contributed by atoms with Crippen LogP contribution in [-0.2, 0) is 9.53 Å². The molecule has 4 heteroatoms. The minimum absolute atomic E-state index is 0.179. The van der Waals surface area contributed by atoms with Gasteiger partial charge in [0, 0.05) is 21.7 Å². The molecule has 17 heavy (non-hydrogen) atoms. The Labute approximate surface area is 108 Å². The third kappa shape index (κ3) is 5.21. The smallest absolute Gasteiger partial charge is 0.333 e. The molecule has 100 valence electrons. The average molecular weight is 273 g/mol. The Hall–Kier alpha value is -0.356. The van der Waals surface area contributed by atoms with E-state index in [0.29, 0.717) is 11.8 Å². The predicted octanol–water partition coefficient (Wildman–Crippen LogP) is 4.08. The van der Waals surface area contributed by atoms with E-state index in [1.807, 2.05) is 6.92 Å². The van der Waals surface area contributed by atoms with Gasteiger partial charge in [-0.25, -0.2) is 4.79 Å². The van der Waals surface area contributed by atoms with Crippen LogP contribution in [0.25, 0.3) is 0 Å². The van der Waals surface area contributed by atoms with Gasteiger partial charge in [0.05, 0.1) is 6.61 Å². The van der Waals surface area contributed by atoms with Crippen molar-refractivity contribution in [3.63, 3.8) is 0 Å². The molecule has 0 aliphatic heterocycles. The van der Waals surface area contributed by atoms with Gasteiger partial charge in [0.15, 0.2) is 0 Å². The second-order valence-electron chi connectivity index (χ2n) is 6.83. The van der Waals surface area contributed by atoms with Crippen LogP contribution in [0.3, 0.4) is 0 Å². The molecule has 0 aromatic rings. The van der Waals surface area contributed by atoms with E-state index >= 15 is 0 Å². The van der Waals surface area contributed by atoms with E-state index in [1.165, 1.54) is 0 Å². The van der Waals surface area contributed by atoms with Crippen LogP contribution < -0.4 is 0 Å². The Morgan fingerprint density at radius 1 is 1.12 bits per heavy atom. The second kappa shape index (κ2) is 6.00. The zero-order chi connectivity index (χ0) is 13.9. The molecule has 0 bridgehead atoms. The number of esters is 1. The lowest BCUT2D eigenvalue weighted by molar-refractivity contribution is -0.139. The lowest BCUT2D eigenvalue weighted by atomic mass is 10.3. The molecule has 0 saturated heterocycles. The van der Waals surface area contributed by atoms with E-state index in [2.05, 4.69) is 45.9 Å². The highest BCUT2D eigenvalue weighted by molar-refractivity contribution is 6.97. The fraction of sp³-hybridized carbons (Fsp3) is 0.769. The molecule has 0 N–H and O–H groups in total. The fourth-order valence-corrected chi connectivity index (χ4v) is 15.5. The number of ether oxygens (including phenoxy) is 1. The number of hydrogen-bond donors (Lipinski definition) is 0. The molecule has 2 nitrogen and oxygen atoms in total. The Balaban J connectivity index is 4.97. The minimum Gasteiger partial charge on any atom is -0.462 e. The first-order valence-electron chi connectivity index (χ1n) is 6.37. The van der Waals surface area contributed by atoms with Crippen molar-refractivity contribution in [2.24, 2.45) is 0 Å². The third-order valence-electron chi connectivity index (χ3n) is 2.78. The monoisotopic (exact) mass is 272 g/mol. The van der Waals surface area contributed by atoms with E-state index in [4.69, 9.17) is 4.74 Å². The first kappa shape index (κ1) is 16.6. The Kier molecular flexibility index (Phi) is 5.88. The van der Waals surface area contributed by atoms with Crippen LogP contribution in [0.4, 0.5) is 0 Å². The van der Waals surface area contributed by atoms with Crippen molar-refractivity contribution in [1.82, 2.24) is 0 Å². The van der Waals surface area contributed by atoms with Gasteiger partial charge < -0.3 is 4.74 Å². The van der Waals surface area contributed by atoms with Crippen LogP contribution in [0.1, 0.15) is 13.3 Å². The molecule has 0 saturated carbocycles. The standard InChI is InChI=1S/C13H28O2Si2/c1-9-10-15-12(14)11(2)13(16(3,4)5)17(6,7)8/h13H,2,9-10H2,1,3-8H3. The van der Waals surface area contributed by atoms with Gasteiger partial charge in [0.2, 0.25) is 0 Å². The van der Waals surface area contributed by atoms with Crippen molar-refractivity contribution in [2.75, 3.05) is 6.61 Å². The number of rotatable bonds is 6. The highest BCUT2D eigenvalue weighted by Crippen LogP contribution is 2.38. The summed E-state index contributed by atoms with van der Waals surface area (Å²) < 4.78 is 5.23. The maximum atomic E-state index is 12.0. The first-order chi connectivity index (χ1) is 7.51. The molecule has 0 unspecified atom stereocenters. The molecular formula is C13H28O2Si2. The summed E-state index contributed by atoms with van der Waals surface area (Å²) in [5, 5.41) is 0.388.